The Hall–Kier alpha value is -5.44. The minimum Gasteiger partial charge on any atom is -0.310 e. The van der Waals surface area contributed by atoms with Crippen LogP contribution >= 0.6 is 11.3 Å². The third-order valence-corrected chi connectivity index (χ3v) is 9.91. The standard InChI is InChI=1S/C42H27NS/c1-2-9-28(10-3-1)31-12-8-13-34(23-31)43(36-21-19-30-18-17-29-11-4-5-14-37(29)39(30)27-36)35-22-20-32-25-40-38-15-6-7-16-41(38)44-42(40)26-33(32)24-35/h1-27H. The fourth-order valence-corrected chi connectivity index (χ4v) is 7.76. The third-order valence-electron chi connectivity index (χ3n) is 8.78. The molecular weight excluding hydrogens is 551 g/mol. The van der Waals surface area contributed by atoms with Gasteiger partial charge >= 0.3 is 0 Å². The van der Waals surface area contributed by atoms with E-state index in [-0.39, 0.29) is 0 Å². The van der Waals surface area contributed by atoms with Gasteiger partial charge in [-0.3, -0.25) is 0 Å². The van der Waals surface area contributed by atoms with Gasteiger partial charge in [0.25, 0.3) is 0 Å². The van der Waals surface area contributed by atoms with Crippen LogP contribution in [0.3, 0.4) is 0 Å². The van der Waals surface area contributed by atoms with E-state index in [1.54, 1.807) is 0 Å². The second-order valence-corrected chi connectivity index (χ2v) is 12.5. The van der Waals surface area contributed by atoms with Gasteiger partial charge in [0.05, 0.1) is 0 Å². The number of rotatable bonds is 4. The van der Waals surface area contributed by atoms with Crippen LogP contribution in [-0.4, -0.2) is 0 Å². The molecule has 0 saturated carbocycles. The molecule has 0 spiro atoms. The Morgan fingerprint density at radius 3 is 1.86 bits per heavy atom. The summed E-state index contributed by atoms with van der Waals surface area (Å²) in [6.07, 6.45) is 0. The van der Waals surface area contributed by atoms with Crippen molar-refractivity contribution in [2.45, 2.75) is 0 Å². The lowest BCUT2D eigenvalue weighted by atomic mass is 10.00. The molecule has 2 heteroatoms. The molecule has 0 saturated heterocycles. The van der Waals surface area contributed by atoms with Crippen LogP contribution in [0.5, 0.6) is 0 Å². The molecule has 8 aromatic carbocycles. The third kappa shape index (κ3) is 4.15. The smallest absolute Gasteiger partial charge is 0.0468 e. The summed E-state index contributed by atoms with van der Waals surface area (Å²) in [6.45, 7) is 0. The summed E-state index contributed by atoms with van der Waals surface area (Å²) in [4.78, 5) is 2.40. The number of thiophene rings is 1. The minimum atomic E-state index is 1.13. The van der Waals surface area contributed by atoms with Crippen molar-refractivity contribution in [1.29, 1.82) is 0 Å². The monoisotopic (exact) mass is 577 g/mol. The van der Waals surface area contributed by atoms with E-state index in [4.69, 9.17) is 0 Å². The van der Waals surface area contributed by atoms with Gasteiger partial charge in [-0.15, -0.1) is 11.3 Å². The zero-order valence-electron chi connectivity index (χ0n) is 23.9. The van der Waals surface area contributed by atoms with Gasteiger partial charge in [-0.1, -0.05) is 109 Å². The van der Waals surface area contributed by atoms with Crippen LogP contribution in [0.4, 0.5) is 17.1 Å². The second-order valence-electron chi connectivity index (χ2n) is 11.4. The maximum atomic E-state index is 2.40. The highest BCUT2D eigenvalue weighted by Gasteiger charge is 2.16. The molecule has 0 aliphatic carbocycles. The molecule has 0 radical (unpaired) electrons. The predicted molar refractivity (Wildman–Crippen MR) is 192 cm³/mol. The van der Waals surface area contributed by atoms with Crippen molar-refractivity contribution in [3.8, 4) is 11.1 Å². The van der Waals surface area contributed by atoms with E-state index >= 15 is 0 Å². The van der Waals surface area contributed by atoms with Crippen molar-refractivity contribution < 1.29 is 0 Å². The normalized spacial score (nSPS) is 11.6. The van der Waals surface area contributed by atoms with Crippen molar-refractivity contribution >= 4 is 80.9 Å². The Labute approximate surface area is 259 Å². The first-order valence-corrected chi connectivity index (χ1v) is 15.8. The fourth-order valence-electron chi connectivity index (χ4n) is 6.63. The lowest BCUT2D eigenvalue weighted by Crippen LogP contribution is -2.10. The zero-order chi connectivity index (χ0) is 29.0. The highest BCUT2D eigenvalue weighted by molar-refractivity contribution is 7.25. The summed E-state index contributed by atoms with van der Waals surface area (Å²) in [5.74, 6) is 0. The minimum absolute atomic E-state index is 1.13. The molecular formula is C42H27NS. The van der Waals surface area contributed by atoms with E-state index in [0.29, 0.717) is 0 Å². The maximum absolute atomic E-state index is 2.40. The number of anilines is 3. The average molecular weight is 578 g/mol. The van der Waals surface area contributed by atoms with Crippen molar-refractivity contribution in [3.63, 3.8) is 0 Å². The molecule has 1 nitrogen and oxygen atoms in total. The van der Waals surface area contributed by atoms with E-state index in [2.05, 4.69) is 169 Å². The van der Waals surface area contributed by atoms with Crippen molar-refractivity contribution in [3.05, 3.63) is 164 Å². The van der Waals surface area contributed by atoms with Crippen molar-refractivity contribution in [2.75, 3.05) is 4.90 Å². The van der Waals surface area contributed by atoms with Crippen LogP contribution in [0.1, 0.15) is 0 Å². The number of nitrogens with zero attached hydrogens (tertiary/aromatic N) is 1. The Balaban J connectivity index is 1.27. The molecule has 0 bridgehead atoms. The van der Waals surface area contributed by atoms with Gasteiger partial charge in [0.2, 0.25) is 0 Å². The van der Waals surface area contributed by atoms with Gasteiger partial charge in [0, 0.05) is 37.2 Å². The number of fused-ring (bicyclic) bond motifs is 7. The highest BCUT2D eigenvalue weighted by atomic mass is 32.1. The van der Waals surface area contributed by atoms with E-state index in [0.717, 1.165) is 17.1 Å². The van der Waals surface area contributed by atoms with Crippen molar-refractivity contribution in [2.24, 2.45) is 0 Å². The summed E-state index contributed by atoms with van der Waals surface area (Å²) in [5, 5.41) is 10.2. The Morgan fingerprint density at radius 2 is 0.977 bits per heavy atom. The van der Waals surface area contributed by atoms with Gasteiger partial charge in [0.1, 0.15) is 0 Å². The quantitative estimate of drug-likeness (QED) is 0.188. The molecule has 1 aromatic heterocycles. The largest absolute Gasteiger partial charge is 0.310 e. The van der Waals surface area contributed by atoms with E-state index < -0.39 is 0 Å². The predicted octanol–water partition coefficient (Wildman–Crippen LogP) is 12.7. The molecule has 44 heavy (non-hydrogen) atoms. The van der Waals surface area contributed by atoms with Gasteiger partial charge in [-0.2, -0.15) is 0 Å². The summed E-state index contributed by atoms with van der Waals surface area (Å²) in [7, 11) is 0. The number of hydrogen-bond acceptors (Lipinski definition) is 2. The molecule has 1 heterocycles. The molecule has 0 unspecified atom stereocenters. The SMILES string of the molecule is c1ccc(-c2cccc(N(c3ccc4cc5c(cc4c3)sc3ccccc35)c3ccc4ccc5ccccc5c4c3)c2)cc1. The molecule has 0 aliphatic heterocycles. The topological polar surface area (TPSA) is 3.24 Å². The molecule has 0 N–H and O–H groups in total. The summed E-state index contributed by atoms with van der Waals surface area (Å²) >= 11 is 1.87. The highest BCUT2D eigenvalue weighted by Crippen LogP contribution is 2.42. The van der Waals surface area contributed by atoms with Crippen LogP contribution in [0, 0.1) is 0 Å². The zero-order valence-corrected chi connectivity index (χ0v) is 24.8. The molecule has 0 aliphatic rings. The Morgan fingerprint density at radius 1 is 0.318 bits per heavy atom. The van der Waals surface area contributed by atoms with Crippen LogP contribution in [0.15, 0.2) is 164 Å². The first-order chi connectivity index (χ1) is 21.8. The van der Waals surface area contributed by atoms with Gasteiger partial charge in [-0.25, -0.2) is 0 Å². The number of hydrogen-bond donors (Lipinski definition) is 0. The molecule has 9 aromatic rings. The second kappa shape index (κ2) is 10.1. The van der Waals surface area contributed by atoms with E-state index in [1.807, 2.05) is 11.3 Å². The lowest BCUT2D eigenvalue weighted by Gasteiger charge is -2.27. The number of benzene rings is 8. The summed E-state index contributed by atoms with van der Waals surface area (Å²) in [5.41, 5.74) is 5.83. The van der Waals surface area contributed by atoms with Gasteiger partial charge < -0.3 is 4.90 Å². The Bertz CT molecular complexity index is 2510. The van der Waals surface area contributed by atoms with Crippen LogP contribution in [0.2, 0.25) is 0 Å². The Kier molecular flexibility index (Phi) is 5.75. The first-order valence-electron chi connectivity index (χ1n) is 15.0. The van der Waals surface area contributed by atoms with E-state index in [9.17, 15) is 0 Å². The molecule has 0 fully saturated rings. The maximum Gasteiger partial charge on any atom is 0.0468 e. The molecule has 9 rings (SSSR count). The van der Waals surface area contributed by atoms with Crippen LogP contribution in [-0.2, 0) is 0 Å². The first kappa shape index (κ1) is 25.1. The summed E-state index contributed by atoms with van der Waals surface area (Å²) < 4.78 is 2.66. The average Bonchev–Trinajstić information content (AvgIpc) is 3.45. The summed E-state index contributed by atoms with van der Waals surface area (Å²) in [6, 6.07) is 59.9. The van der Waals surface area contributed by atoms with Crippen molar-refractivity contribution in [1.82, 2.24) is 0 Å². The fraction of sp³-hybridized carbons (Fsp3) is 0. The van der Waals surface area contributed by atoms with E-state index in [1.165, 1.54) is 63.6 Å². The van der Waals surface area contributed by atoms with Gasteiger partial charge in [0.15, 0.2) is 0 Å². The molecule has 206 valence electrons. The van der Waals surface area contributed by atoms with Crippen LogP contribution in [0.25, 0.3) is 63.6 Å². The van der Waals surface area contributed by atoms with Crippen LogP contribution < -0.4 is 4.90 Å². The lowest BCUT2D eigenvalue weighted by molar-refractivity contribution is 1.29. The van der Waals surface area contributed by atoms with Gasteiger partial charge in [-0.05, 0) is 98.0 Å². The molecule has 0 amide bonds. The molecule has 0 atom stereocenters.